The molecule has 0 aliphatic heterocycles. The molecule has 222 valence electrons. The molecule has 2 amide bonds. The normalized spacial score (nSPS) is 14.3. The van der Waals surface area contributed by atoms with Crippen molar-refractivity contribution in [3.63, 3.8) is 0 Å². The lowest BCUT2D eigenvalue weighted by molar-refractivity contribution is -0.207. The molecule has 2 atom stereocenters. The highest BCUT2D eigenvalue weighted by molar-refractivity contribution is 6.30. The van der Waals surface area contributed by atoms with E-state index in [1.54, 1.807) is 0 Å². The lowest BCUT2D eigenvalue weighted by Crippen LogP contribution is -2.52. The van der Waals surface area contributed by atoms with Gasteiger partial charge in [0.1, 0.15) is 6.54 Å². The Hall–Kier alpha value is -4.05. The Labute approximate surface area is 232 Å². The van der Waals surface area contributed by atoms with Crippen molar-refractivity contribution < 1.29 is 46.1 Å². The summed E-state index contributed by atoms with van der Waals surface area (Å²) in [5, 5.41) is 27.2. The Morgan fingerprint density at radius 1 is 1.05 bits per heavy atom. The van der Waals surface area contributed by atoms with E-state index in [0.717, 1.165) is 12.1 Å². The van der Waals surface area contributed by atoms with Crippen LogP contribution in [0.15, 0.2) is 53.3 Å². The first-order valence-corrected chi connectivity index (χ1v) is 11.9. The molecule has 0 radical (unpaired) electrons. The number of halogens is 7. The van der Waals surface area contributed by atoms with Gasteiger partial charge in [-0.1, -0.05) is 23.7 Å². The number of carbonyl (C=O) groups excluding carboxylic acids is 1. The van der Waals surface area contributed by atoms with Crippen LogP contribution in [0.2, 0.25) is 5.02 Å². The first kappa shape index (κ1) is 31.5. The summed E-state index contributed by atoms with van der Waals surface area (Å²) in [7, 11) is 0. The minimum absolute atomic E-state index is 0.125. The van der Waals surface area contributed by atoms with Gasteiger partial charge >= 0.3 is 24.1 Å². The van der Waals surface area contributed by atoms with Gasteiger partial charge in [0.25, 0.3) is 0 Å². The van der Waals surface area contributed by atoms with Crippen LogP contribution >= 0.6 is 11.6 Å². The van der Waals surface area contributed by atoms with Gasteiger partial charge in [-0.2, -0.15) is 26.3 Å². The molecule has 0 bridgehead atoms. The molecule has 3 rings (SSSR count). The topological polar surface area (TPSA) is 138 Å². The second-order valence-corrected chi connectivity index (χ2v) is 9.49. The van der Waals surface area contributed by atoms with E-state index in [2.05, 4.69) is 10.4 Å². The lowest BCUT2D eigenvalue weighted by atomic mass is 9.90. The van der Waals surface area contributed by atoms with E-state index in [-0.39, 0.29) is 22.0 Å². The number of carbonyl (C=O) groups is 2. The minimum Gasteiger partial charge on any atom is -0.465 e. The van der Waals surface area contributed by atoms with Gasteiger partial charge in [-0.25, -0.2) is 14.3 Å². The zero-order valence-electron chi connectivity index (χ0n) is 20.9. The van der Waals surface area contributed by atoms with Crippen molar-refractivity contribution in [1.29, 1.82) is 0 Å². The van der Waals surface area contributed by atoms with Gasteiger partial charge < -0.3 is 20.8 Å². The van der Waals surface area contributed by atoms with E-state index in [9.17, 15) is 45.8 Å². The molecule has 17 heteroatoms. The number of alkyl halides is 6. The second-order valence-electron chi connectivity index (χ2n) is 9.06. The number of amides is 2. The van der Waals surface area contributed by atoms with Crippen molar-refractivity contribution in [3.05, 3.63) is 75.2 Å². The molecule has 0 unspecified atom stereocenters. The number of nitrogens with zero attached hydrogens (tertiary/aromatic N) is 3. The lowest BCUT2D eigenvalue weighted by Gasteiger charge is -2.32. The maximum atomic E-state index is 13.3. The Morgan fingerprint density at radius 3 is 2.22 bits per heavy atom. The number of hydrogen-bond donors (Lipinski definition) is 4. The van der Waals surface area contributed by atoms with Crippen LogP contribution in [0, 0.1) is 0 Å². The zero-order valence-corrected chi connectivity index (χ0v) is 21.7. The number of nitrogens with one attached hydrogen (secondary N) is 2. The van der Waals surface area contributed by atoms with Gasteiger partial charge in [-0.3, -0.25) is 9.36 Å². The molecule has 0 spiro atoms. The van der Waals surface area contributed by atoms with E-state index >= 15 is 0 Å². The largest absolute Gasteiger partial charge is 0.465 e. The maximum absolute atomic E-state index is 13.3. The van der Waals surface area contributed by atoms with Crippen LogP contribution in [0.1, 0.15) is 18.1 Å². The van der Waals surface area contributed by atoms with Crippen molar-refractivity contribution in [2.75, 3.05) is 6.54 Å². The fourth-order valence-electron chi connectivity index (χ4n) is 3.79. The van der Waals surface area contributed by atoms with Gasteiger partial charge in [-0.15, -0.1) is 5.10 Å². The van der Waals surface area contributed by atoms with Crippen LogP contribution < -0.4 is 16.3 Å². The summed E-state index contributed by atoms with van der Waals surface area (Å²) in [4.78, 5) is 37.1. The molecule has 0 aliphatic rings. The summed E-state index contributed by atoms with van der Waals surface area (Å²) in [6.07, 6.45) is -14.3. The fraction of sp³-hybridized carbons (Fsp3) is 0.333. The Morgan fingerprint density at radius 2 is 1.66 bits per heavy atom. The number of aromatic nitrogens is 3. The van der Waals surface area contributed by atoms with Gasteiger partial charge in [0.2, 0.25) is 5.91 Å². The average molecular weight is 610 g/mol. The van der Waals surface area contributed by atoms with Crippen LogP contribution in [0.3, 0.4) is 0 Å². The number of hydrogen-bond acceptors (Lipinski definition) is 5. The molecule has 3 aromatic rings. The predicted octanol–water partition coefficient (Wildman–Crippen LogP) is 3.61. The highest BCUT2D eigenvalue weighted by Gasteiger charge is 2.40. The summed E-state index contributed by atoms with van der Waals surface area (Å²) >= 11 is 5.84. The molecule has 41 heavy (non-hydrogen) atoms. The number of rotatable bonds is 9. The van der Waals surface area contributed by atoms with Crippen LogP contribution in [0.4, 0.5) is 31.1 Å². The molecule has 10 nitrogen and oxygen atoms in total. The zero-order chi connectivity index (χ0) is 30.8. The SMILES string of the molecule is C[C@@](CNC(=O)O)(NC(=O)Cn1nc(-c2ccc(Cl)cc2)n(C[C@H](O)C(F)(F)F)c1=O)c1cccc(C(F)(F)F)c1. The molecule has 1 aromatic heterocycles. The molecule has 0 saturated carbocycles. The van der Waals surface area contributed by atoms with E-state index < -0.39 is 66.9 Å². The third-order valence-corrected chi connectivity index (χ3v) is 6.14. The third-order valence-electron chi connectivity index (χ3n) is 5.89. The highest BCUT2D eigenvalue weighted by atomic mass is 35.5. The molecule has 4 N–H and O–H groups in total. The van der Waals surface area contributed by atoms with Crippen LogP contribution in [-0.4, -0.2) is 55.4 Å². The molecule has 1 heterocycles. The summed E-state index contributed by atoms with van der Waals surface area (Å²) in [5.41, 5.74) is -4.06. The molecule has 2 aromatic carbocycles. The van der Waals surface area contributed by atoms with E-state index in [4.69, 9.17) is 16.7 Å². The monoisotopic (exact) mass is 609 g/mol. The maximum Gasteiger partial charge on any atom is 0.416 e. The first-order valence-electron chi connectivity index (χ1n) is 11.5. The summed E-state index contributed by atoms with van der Waals surface area (Å²) in [6, 6.07) is 9.18. The number of carboxylic acid groups (broad SMARTS) is 1. The first-order chi connectivity index (χ1) is 18.9. The minimum atomic E-state index is -5.08. The standard InChI is InChI=1S/C24H22ClF6N5O5/c1-22(12-32-20(39)40,14-3-2-4-15(9-14)23(26,27)28)33-18(38)11-36-21(41)35(10-17(37)24(29,30)31)19(34-36)13-5-7-16(25)8-6-13/h2-9,17,32,37H,10-12H2,1H3,(H,33,38)(H,39,40)/t17-,22-/m0/s1. The van der Waals surface area contributed by atoms with Crippen molar-refractivity contribution in [1.82, 2.24) is 25.0 Å². The predicted molar refractivity (Wildman–Crippen MR) is 132 cm³/mol. The highest BCUT2D eigenvalue weighted by Crippen LogP contribution is 2.32. The summed E-state index contributed by atoms with van der Waals surface area (Å²) < 4.78 is 80.0. The van der Waals surface area contributed by atoms with Gasteiger partial charge in [0.05, 0.1) is 17.6 Å². The Bertz CT molecular complexity index is 1470. The number of aliphatic hydroxyl groups excluding tert-OH is 1. The average Bonchev–Trinajstić information content (AvgIpc) is 3.16. The molecule has 0 saturated heterocycles. The Balaban J connectivity index is 1.98. The van der Waals surface area contributed by atoms with E-state index in [0.29, 0.717) is 15.3 Å². The van der Waals surface area contributed by atoms with Gasteiger partial charge in [0.15, 0.2) is 11.9 Å². The molecule has 0 aliphatic carbocycles. The third kappa shape index (κ3) is 7.79. The Kier molecular flexibility index (Phi) is 9.08. The number of benzene rings is 2. The van der Waals surface area contributed by atoms with Crippen molar-refractivity contribution in [2.24, 2.45) is 0 Å². The molecular weight excluding hydrogens is 588 g/mol. The van der Waals surface area contributed by atoms with Crippen molar-refractivity contribution >= 4 is 23.6 Å². The van der Waals surface area contributed by atoms with E-state index in [1.807, 2.05) is 5.32 Å². The van der Waals surface area contributed by atoms with E-state index in [1.165, 1.54) is 37.3 Å². The number of aliphatic hydroxyl groups is 1. The van der Waals surface area contributed by atoms with Crippen molar-refractivity contribution in [3.8, 4) is 11.4 Å². The molecular formula is C24H22ClF6N5O5. The van der Waals surface area contributed by atoms with Crippen molar-refractivity contribution in [2.45, 2.75) is 44.0 Å². The van der Waals surface area contributed by atoms with Crippen LogP contribution in [-0.2, 0) is 29.6 Å². The quantitative estimate of drug-likeness (QED) is 0.274. The molecule has 0 fully saturated rings. The van der Waals surface area contributed by atoms with Gasteiger partial charge in [0, 0.05) is 17.1 Å². The smallest absolute Gasteiger partial charge is 0.416 e. The van der Waals surface area contributed by atoms with Crippen LogP contribution in [0.25, 0.3) is 11.4 Å². The fourth-order valence-corrected chi connectivity index (χ4v) is 3.92. The van der Waals surface area contributed by atoms with Gasteiger partial charge in [-0.05, 0) is 48.9 Å². The summed E-state index contributed by atoms with van der Waals surface area (Å²) in [6.45, 7) is -1.54. The summed E-state index contributed by atoms with van der Waals surface area (Å²) in [5.74, 6) is -1.38. The second kappa shape index (κ2) is 11.8. The van der Waals surface area contributed by atoms with Crippen LogP contribution in [0.5, 0.6) is 0 Å².